The summed E-state index contributed by atoms with van der Waals surface area (Å²) in [5.41, 5.74) is 4.80. The highest BCUT2D eigenvalue weighted by Crippen LogP contribution is 2.41. The van der Waals surface area contributed by atoms with Gasteiger partial charge in [0.05, 0.1) is 39.2 Å². The number of rotatable bonds is 7. The third-order valence-corrected chi connectivity index (χ3v) is 5.86. The summed E-state index contributed by atoms with van der Waals surface area (Å²) in [6, 6.07) is 14.6. The average Bonchev–Trinajstić information content (AvgIpc) is 3.18. The lowest BCUT2D eigenvalue weighted by Gasteiger charge is -2.38. The Hall–Kier alpha value is -3.32. The van der Waals surface area contributed by atoms with Crippen LogP contribution in [0.25, 0.3) is 0 Å². The Kier molecular flexibility index (Phi) is 6.46. The van der Waals surface area contributed by atoms with E-state index in [1.165, 1.54) is 16.7 Å². The fraction of sp³-hybridized carbons (Fsp3) is 0.360. The standard InChI is InChI=1S/C25H29N3O4/c1-5-32-25(29)21-15-28(26-17(21)2)16-27-12-11-19-13-22(30-3)23(31-4)14-20(19)24(27)18-9-7-6-8-10-18/h6-10,13-15,24H,5,11-12,16H2,1-4H3. The Morgan fingerprint density at radius 3 is 2.53 bits per heavy atom. The van der Waals surface area contributed by atoms with Crippen molar-refractivity contribution in [2.75, 3.05) is 27.4 Å². The van der Waals surface area contributed by atoms with E-state index in [0.717, 1.165) is 18.7 Å². The van der Waals surface area contributed by atoms with Gasteiger partial charge in [-0.25, -0.2) is 4.79 Å². The third-order valence-electron chi connectivity index (χ3n) is 5.86. The van der Waals surface area contributed by atoms with Gasteiger partial charge in [-0.2, -0.15) is 5.10 Å². The minimum Gasteiger partial charge on any atom is -0.493 e. The monoisotopic (exact) mass is 435 g/mol. The summed E-state index contributed by atoms with van der Waals surface area (Å²) in [5, 5.41) is 4.58. The fourth-order valence-electron chi connectivity index (χ4n) is 4.36. The van der Waals surface area contributed by atoms with E-state index >= 15 is 0 Å². The quantitative estimate of drug-likeness (QED) is 0.523. The van der Waals surface area contributed by atoms with Gasteiger partial charge in [0.25, 0.3) is 0 Å². The summed E-state index contributed by atoms with van der Waals surface area (Å²) in [7, 11) is 3.32. The molecule has 2 heterocycles. The maximum Gasteiger partial charge on any atom is 0.341 e. The maximum absolute atomic E-state index is 12.2. The molecule has 1 aliphatic heterocycles. The van der Waals surface area contributed by atoms with Crippen molar-refractivity contribution < 1.29 is 19.0 Å². The normalized spacial score (nSPS) is 15.8. The fourth-order valence-corrected chi connectivity index (χ4v) is 4.36. The number of ether oxygens (including phenoxy) is 3. The SMILES string of the molecule is CCOC(=O)c1cn(CN2CCc3cc(OC)c(OC)cc3C2c2ccccc2)nc1C. The minimum absolute atomic E-state index is 0.0234. The molecule has 1 atom stereocenters. The number of benzene rings is 2. The number of carbonyl (C=O) groups is 1. The third kappa shape index (κ3) is 4.21. The number of fused-ring (bicyclic) bond motifs is 1. The molecule has 7 nitrogen and oxygen atoms in total. The number of aromatic nitrogens is 2. The molecule has 0 bridgehead atoms. The first kappa shape index (κ1) is 21.9. The van der Waals surface area contributed by atoms with Gasteiger partial charge < -0.3 is 14.2 Å². The van der Waals surface area contributed by atoms with E-state index in [-0.39, 0.29) is 12.0 Å². The zero-order valence-electron chi connectivity index (χ0n) is 19.0. The topological polar surface area (TPSA) is 65.8 Å². The Bertz CT molecular complexity index is 1090. The predicted octanol–water partition coefficient (Wildman–Crippen LogP) is 3.99. The molecule has 7 heteroatoms. The number of hydrogen-bond donors (Lipinski definition) is 0. The van der Waals surface area contributed by atoms with Crippen LogP contribution in [0, 0.1) is 6.92 Å². The summed E-state index contributed by atoms with van der Waals surface area (Å²) < 4.78 is 18.1. The van der Waals surface area contributed by atoms with Crippen molar-refractivity contribution in [3.63, 3.8) is 0 Å². The summed E-state index contributed by atoms with van der Waals surface area (Å²) in [4.78, 5) is 14.6. The number of methoxy groups -OCH3 is 2. The molecule has 0 saturated carbocycles. The summed E-state index contributed by atoms with van der Waals surface area (Å²) >= 11 is 0. The van der Waals surface area contributed by atoms with Gasteiger partial charge in [0.2, 0.25) is 0 Å². The smallest absolute Gasteiger partial charge is 0.341 e. The van der Waals surface area contributed by atoms with Crippen molar-refractivity contribution in [2.24, 2.45) is 0 Å². The molecular weight excluding hydrogens is 406 g/mol. The van der Waals surface area contributed by atoms with Crippen LogP contribution in [0.15, 0.2) is 48.7 Å². The number of carbonyl (C=O) groups excluding carboxylic acids is 1. The van der Waals surface area contributed by atoms with Crippen LogP contribution in [0.4, 0.5) is 0 Å². The lowest BCUT2D eigenvalue weighted by atomic mass is 9.88. The van der Waals surface area contributed by atoms with Crippen molar-refractivity contribution in [1.29, 1.82) is 0 Å². The molecule has 0 aliphatic carbocycles. The molecule has 168 valence electrons. The maximum atomic E-state index is 12.2. The molecule has 32 heavy (non-hydrogen) atoms. The zero-order chi connectivity index (χ0) is 22.7. The molecule has 2 aromatic carbocycles. The second-order valence-corrected chi connectivity index (χ2v) is 7.81. The Balaban J connectivity index is 1.72. The van der Waals surface area contributed by atoms with Gasteiger partial charge in [0, 0.05) is 12.7 Å². The van der Waals surface area contributed by atoms with E-state index in [2.05, 4.69) is 46.4 Å². The second-order valence-electron chi connectivity index (χ2n) is 7.81. The molecule has 1 aliphatic rings. The second kappa shape index (κ2) is 9.44. The molecule has 4 rings (SSSR count). The van der Waals surface area contributed by atoms with Gasteiger partial charge in [0.1, 0.15) is 5.56 Å². The van der Waals surface area contributed by atoms with Crippen LogP contribution in [0.5, 0.6) is 11.5 Å². The van der Waals surface area contributed by atoms with E-state index in [4.69, 9.17) is 14.2 Å². The molecule has 0 saturated heterocycles. The zero-order valence-corrected chi connectivity index (χ0v) is 19.0. The molecule has 1 aromatic heterocycles. The van der Waals surface area contributed by atoms with E-state index in [9.17, 15) is 4.79 Å². The van der Waals surface area contributed by atoms with Crippen LogP contribution in [0.1, 0.15) is 45.7 Å². The van der Waals surface area contributed by atoms with Crippen LogP contribution in [-0.2, 0) is 17.8 Å². The van der Waals surface area contributed by atoms with Crippen LogP contribution >= 0.6 is 0 Å². The first-order valence-corrected chi connectivity index (χ1v) is 10.8. The van der Waals surface area contributed by atoms with Crippen molar-refractivity contribution in [3.8, 4) is 11.5 Å². The Morgan fingerprint density at radius 2 is 1.84 bits per heavy atom. The predicted molar refractivity (Wildman–Crippen MR) is 121 cm³/mol. The van der Waals surface area contributed by atoms with Gasteiger partial charge in [0.15, 0.2) is 11.5 Å². The van der Waals surface area contributed by atoms with Gasteiger partial charge >= 0.3 is 5.97 Å². The molecule has 0 N–H and O–H groups in total. The van der Waals surface area contributed by atoms with E-state index in [0.29, 0.717) is 30.3 Å². The molecular formula is C25H29N3O4. The summed E-state index contributed by atoms with van der Waals surface area (Å²) in [6.07, 6.45) is 2.66. The highest BCUT2D eigenvalue weighted by atomic mass is 16.5. The van der Waals surface area contributed by atoms with Crippen LogP contribution in [0.2, 0.25) is 0 Å². The van der Waals surface area contributed by atoms with Gasteiger partial charge in [-0.15, -0.1) is 0 Å². The molecule has 0 radical (unpaired) electrons. The van der Waals surface area contributed by atoms with Gasteiger partial charge in [-0.1, -0.05) is 30.3 Å². The van der Waals surface area contributed by atoms with Crippen LogP contribution in [0.3, 0.4) is 0 Å². The van der Waals surface area contributed by atoms with Crippen molar-refractivity contribution in [3.05, 3.63) is 76.6 Å². The number of esters is 1. The van der Waals surface area contributed by atoms with Gasteiger partial charge in [-0.3, -0.25) is 9.58 Å². The minimum atomic E-state index is -0.336. The van der Waals surface area contributed by atoms with Gasteiger partial charge in [-0.05, 0) is 49.1 Å². The molecule has 0 fully saturated rings. The van der Waals surface area contributed by atoms with E-state index in [1.807, 2.05) is 17.7 Å². The highest BCUT2D eigenvalue weighted by molar-refractivity contribution is 5.90. The first-order valence-electron chi connectivity index (χ1n) is 10.8. The average molecular weight is 436 g/mol. The lowest BCUT2D eigenvalue weighted by molar-refractivity contribution is 0.0525. The highest BCUT2D eigenvalue weighted by Gasteiger charge is 2.31. The largest absolute Gasteiger partial charge is 0.493 e. The van der Waals surface area contributed by atoms with Crippen LogP contribution in [-0.4, -0.2) is 48.0 Å². The first-order chi connectivity index (χ1) is 15.5. The molecule has 0 amide bonds. The Morgan fingerprint density at radius 1 is 1.12 bits per heavy atom. The van der Waals surface area contributed by atoms with E-state index < -0.39 is 0 Å². The summed E-state index contributed by atoms with van der Waals surface area (Å²) in [6.45, 7) is 5.37. The number of nitrogens with zero attached hydrogens (tertiary/aromatic N) is 3. The molecule has 3 aromatic rings. The lowest BCUT2D eigenvalue weighted by Crippen LogP contribution is -2.37. The Labute approximate surface area is 188 Å². The molecule has 1 unspecified atom stereocenters. The number of hydrogen-bond acceptors (Lipinski definition) is 6. The van der Waals surface area contributed by atoms with Crippen molar-refractivity contribution in [2.45, 2.75) is 33.0 Å². The number of aryl methyl sites for hydroxylation is 1. The van der Waals surface area contributed by atoms with Crippen molar-refractivity contribution in [1.82, 2.24) is 14.7 Å². The summed E-state index contributed by atoms with van der Waals surface area (Å²) in [5.74, 6) is 1.12. The van der Waals surface area contributed by atoms with Crippen LogP contribution < -0.4 is 9.47 Å². The van der Waals surface area contributed by atoms with Crippen molar-refractivity contribution >= 4 is 5.97 Å². The molecule has 0 spiro atoms. The van der Waals surface area contributed by atoms with E-state index in [1.54, 1.807) is 27.3 Å².